The first-order valence-electron chi connectivity index (χ1n) is 9.87. The molecule has 1 fully saturated rings. The second kappa shape index (κ2) is 7.58. The molecule has 0 aliphatic carbocycles. The fourth-order valence-electron chi connectivity index (χ4n) is 3.95. The van der Waals surface area contributed by atoms with Crippen molar-refractivity contribution in [2.75, 3.05) is 11.1 Å². The van der Waals surface area contributed by atoms with E-state index in [0.29, 0.717) is 16.8 Å². The zero-order chi connectivity index (χ0) is 21.6. The van der Waals surface area contributed by atoms with Gasteiger partial charge in [0.05, 0.1) is 5.56 Å². The number of aromatic nitrogens is 1. The lowest BCUT2D eigenvalue weighted by Crippen LogP contribution is -2.40. The molecule has 4 heterocycles. The topological polar surface area (TPSA) is 92.2 Å². The third-order valence-corrected chi connectivity index (χ3v) is 8.02. The van der Waals surface area contributed by atoms with E-state index in [9.17, 15) is 14.4 Å². The third-order valence-electron chi connectivity index (χ3n) is 5.61. The number of hydrogen-bond acceptors (Lipinski definition) is 5. The van der Waals surface area contributed by atoms with Gasteiger partial charge in [-0.15, -0.1) is 11.3 Å². The summed E-state index contributed by atoms with van der Waals surface area (Å²) in [5.74, 6) is 1.33. The molecule has 0 spiro atoms. The van der Waals surface area contributed by atoms with Crippen molar-refractivity contribution in [2.24, 2.45) is 0 Å². The van der Waals surface area contributed by atoms with Crippen LogP contribution in [0.4, 0.5) is 10.5 Å². The van der Waals surface area contributed by atoms with Gasteiger partial charge in [-0.25, -0.2) is 4.79 Å². The number of imide groups is 1. The highest BCUT2D eigenvalue weighted by Gasteiger charge is 2.43. The summed E-state index contributed by atoms with van der Waals surface area (Å²) in [5, 5.41) is 8.85. The van der Waals surface area contributed by atoms with Gasteiger partial charge in [-0.3, -0.25) is 14.9 Å². The van der Waals surface area contributed by atoms with Gasteiger partial charge in [-0.1, -0.05) is 12.1 Å². The first kappa shape index (κ1) is 19.9. The molecule has 7 nitrogen and oxygen atoms in total. The van der Waals surface area contributed by atoms with Crippen LogP contribution in [-0.4, -0.2) is 28.2 Å². The molecule has 0 bridgehead atoms. The molecule has 0 radical (unpaired) electrons. The van der Waals surface area contributed by atoms with E-state index >= 15 is 0 Å². The molecule has 3 aromatic rings. The standard InChI is InChI=1S/C22H20N4O3S2/c1-22(20(28)24-21(29)25-22)13-5-4-6-14(11-13)23-18(27)17-15-7-10-30-12-16(15)31-19(17)26-8-2-3-9-26/h2-6,8-9,11H,7,10,12H2,1H3,(H,23,27)(H2,24,25,28,29)/t22-/m0/s1. The number of thioether (sulfide) groups is 1. The molecule has 3 N–H and O–H groups in total. The van der Waals surface area contributed by atoms with Crippen LogP contribution in [0.1, 0.15) is 33.3 Å². The fraction of sp³-hybridized carbons (Fsp3) is 0.227. The molecule has 1 saturated heterocycles. The van der Waals surface area contributed by atoms with Crippen molar-refractivity contribution in [3.63, 3.8) is 0 Å². The number of rotatable bonds is 4. The van der Waals surface area contributed by atoms with Crippen LogP contribution < -0.4 is 16.0 Å². The van der Waals surface area contributed by atoms with E-state index in [-0.39, 0.29) is 5.91 Å². The summed E-state index contributed by atoms with van der Waals surface area (Å²) in [4.78, 5) is 38.6. The summed E-state index contributed by atoms with van der Waals surface area (Å²) in [7, 11) is 0. The third kappa shape index (κ3) is 3.43. The molecule has 158 valence electrons. The number of thiophene rings is 1. The maximum atomic E-state index is 13.4. The summed E-state index contributed by atoms with van der Waals surface area (Å²) >= 11 is 3.55. The highest BCUT2D eigenvalue weighted by atomic mass is 32.2. The number of amides is 4. The molecule has 2 aromatic heterocycles. The number of nitrogens with zero attached hydrogens (tertiary/aromatic N) is 1. The lowest BCUT2D eigenvalue weighted by Gasteiger charge is -2.22. The predicted molar refractivity (Wildman–Crippen MR) is 122 cm³/mol. The molecule has 2 aliphatic heterocycles. The fourth-order valence-corrected chi connectivity index (χ4v) is 6.40. The molecular formula is C22H20N4O3S2. The van der Waals surface area contributed by atoms with E-state index < -0.39 is 17.5 Å². The number of hydrogen-bond donors (Lipinski definition) is 3. The van der Waals surface area contributed by atoms with Gasteiger partial charge in [0.1, 0.15) is 10.5 Å². The molecule has 31 heavy (non-hydrogen) atoms. The smallest absolute Gasteiger partial charge is 0.322 e. The highest BCUT2D eigenvalue weighted by Crippen LogP contribution is 2.38. The van der Waals surface area contributed by atoms with Gasteiger partial charge in [0.25, 0.3) is 11.8 Å². The normalized spacial score (nSPS) is 20.2. The molecule has 0 saturated carbocycles. The first-order valence-corrected chi connectivity index (χ1v) is 11.8. The van der Waals surface area contributed by atoms with Gasteiger partial charge in [-0.2, -0.15) is 11.8 Å². The Bertz CT molecular complexity index is 1200. The minimum absolute atomic E-state index is 0.171. The molecule has 5 rings (SSSR count). The maximum absolute atomic E-state index is 13.4. The van der Waals surface area contributed by atoms with Crippen molar-refractivity contribution in [3.8, 4) is 5.00 Å². The SMILES string of the molecule is C[C@@]1(c2cccc(NC(=O)c3c(-n4cccc4)sc4c3CCSC4)c2)NC(=O)NC1=O. The van der Waals surface area contributed by atoms with Crippen molar-refractivity contribution in [3.05, 3.63) is 70.4 Å². The van der Waals surface area contributed by atoms with Crippen LogP contribution in [0, 0.1) is 0 Å². The van der Waals surface area contributed by atoms with Crippen LogP contribution >= 0.6 is 23.1 Å². The minimum Gasteiger partial charge on any atom is -0.322 e. The van der Waals surface area contributed by atoms with Gasteiger partial charge in [0.2, 0.25) is 0 Å². The molecule has 1 atom stereocenters. The monoisotopic (exact) mass is 452 g/mol. The molecular weight excluding hydrogens is 432 g/mol. The average molecular weight is 453 g/mol. The first-order chi connectivity index (χ1) is 15.0. The van der Waals surface area contributed by atoms with E-state index in [0.717, 1.165) is 28.5 Å². The van der Waals surface area contributed by atoms with E-state index in [1.54, 1.807) is 42.5 Å². The minimum atomic E-state index is -1.17. The molecule has 4 amide bonds. The summed E-state index contributed by atoms with van der Waals surface area (Å²) in [6, 6.07) is 10.4. The zero-order valence-electron chi connectivity index (χ0n) is 16.7. The zero-order valence-corrected chi connectivity index (χ0v) is 18.4. The van der Waals surface area contributed by atoms with Crippen molar-refractivity contribution in [1.29, 1.82) is 0 Å². The Balaban J connectivity index is 1.49. The maximum Gasteiger partial charge on any atom is 0.322 e. The number of fused-ring (bicyclic) bond motifs is 1. The van der Waals surface area contributed by atoms with E-state index in [2.05, 4.69) is 16.0 Å². The van der Waals surface area contributed by atoms with Gasteiger partial charge in [-0.05, 0) is 54.5 Å². The van der Waals surface area contributed by atoms with Crippen LogP contribution in [0.2, 0.25) is 0 Å². The number of urea groups is 1. The van der Waals surface area contributed by atoms with Crippen LogP contribution in [0.15, 0.2) is 48.8 Å². The Morgan fingerprint density at radius 2 is 2.00 bits per heavy atom. The van der Waals surface area contributed by atoms with Crippen molar-refractivity contribution in [2.45, 2.75) is 24.6 Å². The Kier molecular flexibility index (Phi) is 4.86. The lowest BCUT2D eigenvalue weighted by molar-refractivity contribution is -0.123. The Hall–Kier alpha value is -3.04. The summed E-state index contributed by atoms with van der Waals surface area (Å²) in [5.41, 5.74) is 1.83. The molecule has 9 heteroatoms. The largest absolute Gasteiger partial charge is 0.322 e. The number of nitrogens with one attached hydrogen (secondary N) is 3. The van der Waals surface area contributed by atoms with Crippen LogP contribution in [0.5, 0.6) is 0 Å². The van der Waals surface area contributed by atoms with E-state index in [4.69, 9.17) is 0 Å². The molecule has 1 aromatic carbocycles. The number of carbonyl (C=O) groups is 3. The average Bonchev–Trinajstić information content (AvgIpc) is 3.46. The Labute approximate surface area is 187 Å². The molecule has 0 unspecified atom stereocenters. The summed E-state index contributed by atoms with van der Waals surface area (Å²) in [6.45, 7) is 1.64. The summed E-state index contributed by atoms with van der Waals surface area (Å²) < 4.78 is 1.98. The lowest BCUT2D eigenvalue weighted by atomic mass is 9.92. The van der Waals surface area contributed by atoms with Gasteiger partial charge in [0.15, 0.2) is 0 Å². The number of anilines is 1. The second-order valence-corrected chi connectivity index (χ2v) is 9.83. The van der Waals surface area contributed by atoms with Crippen molar-refractivity contribution < 1.29 is 14.4 Å². The Morgan fingerprint density at radius 1 is 1.19 bits per heavy atom. The van der Waals surface area contributed by atoms with Gasteiger partial charge >= 0.3 is 6.03 Å². The quantitative estimate of drug-likeness (QED) is 0.527. The highest BCUT2D eigenvalue weighted by molar-refractivity contribution is 7.98. The van der Waals surface area contributed by atoms with Crippen molar-refractivity contribution in [1.82, 2.24) is 15.2 Å². The molecule has 2 aliphatic rings. The predicted octanol–water partition coefficient (Wildman–Crippen LogP) is 3.64. The van der Waals surface area contributed by atoms with Gasteiger partial charge < -0.3 is 15.2 Å². The summed E-state index contributed by atoms with van der Waals surface area (Å²) in [6.07, 6.45) is 4.76. The Morgan fingerprint density at radius 3 is 2.74 bits per heavy atom. The van der Waals surface area contributed by atoms with E-state index in [1.807, 2.05) is 40.9 Å². The van der Waals surface area contributed by atoms with Crippen LogP contribution in [-0.2, 0) is 22.5 Å². The number of carbonyl (C=O) groups excluding carboxylic acids is 3. The van der Waals surface area contributed by atoms with Crippen molar-refractivity contribution >= 4 is 46.6 Å². The van der Waals surface area contributed by atoms with Crippen LogP contribution in [0.25, 0.3) is 5.00 Å². The van der Waals surface area contributed by atoms with Gasteiger partial charge in [0, 0.05) is 28.7 Å². The number of benzene rings is 1. The van der Waals surface area contributed by atoms with E-state index in [1.165, 1.54) is 4.88 Å². The second-order valence-electron chi connectivity index (χ2n) is 7.65. The van der Waals surface area contributed by atoms with Crippen LogP contribution in [0.3, 0.4) is 0 Å².